The van der Waals surface area contributed by atoms with Crippen molar-refractivity contribution in [1.29, 1.82) is 0 Å². The van der Waals surface area contributed by atoms with Crippen LogP contribution in [0.4, 0.5) is 0 Å². The van der Waals surface area contributed by atoms with Crippen molar-refractivity contribution in [3.05, 3.63) is 32.7 Å². The molecule has 2 heterocycles. The smallest absolute Gasteiger partial charge is 0.0320 e. The second kappa shape index (κ2) is 6.91. The highest BCUT2D eigenvalue weighted by Gasteiger charge is 2.31. The lowest BCUT2D eigenvalue weighted by Gasteiger charge is -2.39. The van der Waals surface area contributed by atoms with Crippen LogP contribution in [0.1, 0.15) is 37.7 Å². The Morgan fingerprint density at radius 3 is 2.75 bits per heavy atom. The summed E-state index contributed by atoms with van der Waals surface area (Å²) in [6.45, 7) is 3.53. The highest BCUT2D eigenvalue weighted by molar-refractivity contribution is 9.13. The Hall–Kier alpha value is 0.1000. The van der Waals surface area contributed by atoms with Crippen molar-refractivity contribution in [3.63, 3.8) is 0 Å². The third-order valence-corrected chi connectivity index (χ3v) is 6.48. The summed E-state index contributed by atoms with van der Waals surface area (Å²) in [7, 11) is 0. The van der Waals surface area contributed by atoms with Crippen LogP contribution >= 0.6 is 31.9 Å². The zero-order chi connectivity index (χ0) is 13.9. The lowest BCUT2D eigenvalue weighted by Crippen LogP contribution is -2.49. The molecule has 0 aromatic heterocycles. The van der Waals surface area contributed by atoms with Crippen LogP contribution in [0, 0.1) is 0 Å². The number of hydrogen-bond donors (Lipinski definition) is 1. The summed E-state index contributed by atoms with van der Waals surface area (Å²) in [5.74, 6) is 0. The Balaban J connectivity index is 1.71. The summed E-state index contributed by atoms with van der Waals surface area (Å²) >= 11 is 7.16. The summed E-state index contributed by atoms with van der Waals surface area (Å²) in [6.07, 6.45) is 6.80. The number of likely N-dealkylation sites (tertiary alicyclic amines) is 1. The lowest BCUT2D eigenvalue weighted by molar-refractivity contribution is 0.112. The largest absolute Gasteiger partial charge is 0.312 e. The Morgan fingerprint density at radius 1 is 1.10 bits per heavy atom. The molecule has 20 heavy (non-hydrogen) atoms. The Morgan fingerprint density at radius 2 is 2.00 bits per heavy atom. The zero-order valence-electron chi connectivity index (χ0n) is 11.7. The number of hydrogen-bond acceptors (Lipinski definition) is 2. The highest BCUT2D eigenvalue weighted by Crippen LogP contribution is 2.28. The minimum Gasteiger partial charge on any atom is -0.312 e. The SMILES string of the molecule is Brc1ccc(CN2CCCCC2C2CCCN2)cc1Br. The fourth-order valence-electron chi connectivity index (χ4n) is 3.58. The first-order valence-corrected chi connectivity index (χ1v) is 9.24. The molecule has 1 aromatic carbocycles. The van der Waals surface area contributed by atoms with Gasteiger partial charge in [0.25, 0.3) is 0 Å². The minimum atomic E-state index is 0.717. The van der Waals surface area contributed by atoms with Gasteiger partial charge in [0.1, 0.15) is 0 Å². The second-order valence-electron chi connectivity index (χ2n) is 5.98. The van der Waals surface area contributed by atoms with Crippen molar-refractivity contribution in [2.24, 2.45) is 0 Å². The van der Waals surface area contributed by atoms with Crippen molar-refractivity contribution < 1.29 is 0 Å². The maximum absolute atomic E-state index is 3.70. The van der Waals surface area contributed by atoms with Gasteiger partial charge in [-0.05, 0) is 88.3 Å². The predicted octanol–water partition coefficient (Wildman–Crippen LogP) is 4.32. The fourth-order valence-corrected chi connectivity index (χ4v) is 4.25. The number of nitrogens with one attached hydrogen (secondary N) is 1. The number of piperidine rings is 1. The first-order valence-electron chi connectivity index (χ1n) is 7.65. The van der Waals surface area contributed by atoms with E-state index in [0.29, 0.717) is 6.04 Å². The van der Waals surface area contributed by atoms with E-state index in [-0.39, 0.29) is 0 Å². The molecule has 2 aliphatic rings. The van der Waals surface area contributed by atoms with Crippen LogP contribution < -0.4 is 5.32 Å². The van der Waals surface area contributed by atoms with Crippen molar-refractivity contribution >= 4 is 31.9 Å². The topological polar surface area (TPSA) is 15.3 Å². The van der Waals surface area contributed by atoms with Crippen LogP contribution in [0.5, 0.6) is 0 Å². The Bertz CT molecular complexity index is 458. The molecule has 3 rings (SSSR count). The van der Waals surface area contributed by atoms with E-state index in [1.54, 1.807) is 0 Å². The third kappa shape index (κ3) is 3.46. The van der Waals surface area contributed by atoms with Crippen LogP contribution in [0.15, 0.2) is 27.1 Å². The molecule has 0 amide bonds. The van der Waals surface area contributed by atoms with E-state index in [0.717, 1.165) is 21.5 Å². The Labute approximate surface area is 138 Å². The second-order valence-corrected chi connectivity index (χ2v) is 7.69. The van der Waals surface area contributed by atoms with Crippen LogP contribution in [0.3, 0.4) is 0 Å². The molecular formula is C16H22Br2N2. The van der Waals surface area contributed by atoms with Crippen LogP contribution in [0.25, 0.3) is 0 Å². The van der Waals surface area contributed by atoms with Crippen molar-refractivity contribution in [1.82, 2.24) is 10.2 Å². The molecule has 0 saturated carbocycles. The van der Waals surface area contributed by atoms with Gasteiger partial charge in [-0.1, -0.05) is 12.5 Å². The maximum atomic E-state index is 3.70. The zero-order valence-corrected chi connectivity index (χ0v) is 14.9. The summed E-state index contributed by atoms with van der Waals surface area (Å²) in [6, 6.07) is 8.08. The van der Waals surface area contributed by atoms with Crippen molar-refractivity contribution in [3.8, 4) is 0 Å². The molecule has 2 aliphatic heterocycles. The first-order chi connectivity index (χ1) is 9.74. The molecule has 0 aliphatic carbocycles. The minimum absolute atomic E-state index is 0.717. The normalized spacial score (nSPS) is 27.9. The molecule has 4 heteroatoms. The fraction of sp³-hybridized carbons (Fsp3) is 0.625. The van der Waals surface area contributed by atoms with Gasteiger partial charge in [-0.2, -0.15) is 0 Å². The summed E-state index contributed by atoms with van der Waals surface area (Å²) in [5, 5.41) is 3.70. The molecular weight excluding hydrogens is 380 g/mol. The number of halogens is 2. The molecule has 2 atom stereocenters. The van der Waals surface area contributed by atoms with Gasteiger partial charge in [0.2, 0.25) is 0 Å². The molecule has 2 unspecified atom stereocenters. The van der Waals surface area contributed by atoms with E-state index in [9.17, 15) is 0 Å². The lowest BCUT2D eigenvalue weighted by atomic mass is 9.94. The molecule has 110 valence electrons. The van der Waals surface area contributed by atoms with Gasteiger partial charge in [-0.3, -0.25) is 4.90 Å². The van der Waals surface area contributed by atoms with Crippen LogP contribution in [-0.4, -0.2) is 30.1 Å². The molecule has 0 spiro atoms. The number of benzene rings is 1. The van der Waals surface area contributed by atoms with E-state index >= 15 is 0 Å². The molecule has 2 nitrogen and oxygen atoms in total. The van der Waals surface area contributed by atoms with Crippen LogP contribution in [-0.2, 0) is 6.54 Å². The van der Waals surface area contributed by atoms with E-state index in [4.69, 9.17) is 0 Å². The van der Waals surface area contributed by atoms with E-state index in [1.807, 2.05) is 0 Å². The number of nitrogens with zero attached hydrogens (tertiary/aromatic N) is 1. The maximum Gasteiger partial charge on any atom is 0.0320 e. The molecule has 0 radical (unpaired) electrons. The summed E-state index contributed by atoms with van der Waals surface area (Å²) < 4.78 is 2.29. The average molecular weight is 402 g/mol. The number of rotatable bonds is 3. The molecule has 1 N–H and O–H groups in total. The van der Waals surface area contributed by atoms with Crippen LogP contribution in [0.2, 0.25) is 0 Å². The van der Waals surface area contributed by atoms with E-state index in [1.165, 1.54) is 50.8 Å². The molecule has 2 fully saturated rings. The van der Waals surface area contributed by atoms with Gasteiger partial charge < -0.3 is 5.32 Å². The van der Waals surface area contributed by atoms with Crippen molar-refractivity contribution in [2.75, 3.05) is 13.1 Å². The van der Waals surface area contributed by atoms with Gasteiger partial charge in [0, 0.05) is 27.6 Å². The molecule has 2 saturated heterocycles. The summed E-state index contributed by atoms with van der Waals surface area (Å²) in [4.78, 5) is 2.70. The first kappa shape index (κ1) is 15.0. The Kier molecular flexibility index (Phi) is 5.18. The van der Waals surface area contributed by atoms with Crippen molar-refractivity contribution in [2.45, 2.75) is 50.7 Å². The molecule has 0 bridgehead atoms. The quantitative estimate of drug-likeness (QED) is 0.811. The van der Waals surface area contributed by atoms with E-state index < -0.39 is 0 Å². The average Bonchev–Trinajstić information content (AvgIpc) is 2.97. The van der Waals surface area contributed by atoms with Gasteiger partial charge in [0.15, 0.2) is 0 Å². The van der Waals surface area contributed by atoms with Gasteiger partial charge in [-0.15, -0.1) is 0 Å². The van der Waals surface area contributed by atoms with Gasteiger partial charge >= 0.3 is 0 Å². The predicted molar refractivity (Wildman–Crippen MR) is 90.9 cm³/mol. The third-order valence-electron chi connectivity index (χ3n) is 4.60. The standard InChI is InChI=1S/C16H22Br2N2/c17-13-7-6-12(10-14(13)18)11-20-9-2-1-5-16(20)15-4-3-8-19-15/h6-7,10,15-16,19H,1-5,8-9,11H2. The van der Waals surface area contributed by atoms with Gasteiger partial charge in [-0.25, -0.2) is 0 Å². The van der Waals surface area contributed by atoms with Gasteiger partial charge in [0.05, 0.1) is 0 Å². The molecule has 1 aromatic rings. The summed E-state index contributed by atoms with van der Waals surface area (Å²) in [5.41, 5.74) is 1.41. The monoisotopic (exact) mass is 400 g/mol. The highest BCUT2D eigenvalue weighted by atomic mass is 79.9. The van der Waals surface area contributed by atoms with E-state index in [2.05, 4.69) is 60.3 Å².